The number of hydrogen-bond acceptors (Lipinski definition) is 7. The van der Waals surface area contributed by atoms with Crippen LogP contribution in [0.1, 0.15) is 31.4 Å². The molecule has 3 aromatic heterocycles. The Morgan fingerprint density at radius 1 is 1.13 bits per heavy atom. The number of aromatic nitrogens is 4. The number of hydrogen-bond donors (Lipinski definition) is 2. The summed E-state index contributed by atoms with van der Waals surface area (Å²) in [6, 6.07) is 9.08. The van der Waals surface area contributed by atoms with Gasteiger partial charge in [-0.2, -0.15) is 9.61 Å². The van der Waals surface area contributed by atoms with E-state index in [1.54, 1.807) is 27.9 Å². The molecule has 1 aromatic carbocycles. The first-order valence-corrected chi connectivity index (χ1v) is 12.9. The third-order valence-electron chi connectivity index (χ3n) is 6.66. The molecule has 13 heteroatoms. The van der Waals surface area contributed by atoms with Crippen molar-refractivity contribution < 1.29 is 27.8 Å². The van der Waals surface area contributed by atoms with E-state index in [0.717, 1.165) is 11.3 Å². The summed E-state index contributed by atoms with van der Waals surface area (Å²) < 4.78 is 43.4. The number of carbonyl (C=O) groups is 1. The molecule has 9 nitrogen and oxygen atoms in total. The van der Waals surface area contributed by atoms with Gasteiger partial charge < -0.3 is 20.5 Å². The quantitative estimate of drug-likeness (QED) is 0.336. The van der Waals surface area contributed by atoms with Gasteiger partial charge in [-0.3, -0.25) is 9.78 Å². The highest BCUT2D eigenvalue weighted by atomic mass is 79.9. The number of amides is 1. The average molecular weight is 605 g/mol. The molecule has 1 atom stereocenters. The SMILES string of the molecule is C[C@@H](O)C(=O)N1CCC(c2nc3c(-c4ccc(-c5ccc(OC(F)(F)F)cc5)nc4)cnn3c(N)c2Br)CC1. The number of anilines is 1. The zero-order valence-electron chi connectivity index (χ0n) is 20.7. The highest BCUT2D eigenvalue weighted by Gasteiger charge is 2.31. The largest absolute Gasteiger partial charge is 0.573 e. The van der Waals surface area contributed by atoms with E-state index < -0.39 is 12.5 Å². The van der Waals surface area contributed by atoms with Crippen LogP contribution in [-0.2, 0) is 4.79 Å². The van der Waals surface area contributed by atoms with Crippen molar-refractivity contribution in [3.63, 3.8) is 0 Å². The summed E-state index contributed by atoms with van der Waals surface area (Å²) in [5.41, 5.74) is 10.4. The summed E-state index contributed by atoms with van der Waals surface area (Å²) in [5, 5.41) is 14.0. The van der Waals surface area contributed by atoms with Gasteiger partial charge in [0.2, 0.25) is 0 Å². The number of aliphatic hydroxyl groups is 1. The van der Waals surface area contributed by atoms with Gasteiger partial charge in [0.25, 0.3) is 5.91 Å². The summed E-state index contributed by atoms with van der Waals surface area (Å²) >= 11 is 3.57. The number of pyridine rings is 1. The van der Waals surface area contributed by atoms with Crippen LogP contribution in [0.25, 0.3) is 28.0 Å². The van der Waals surface area contributed by atoms with Crippen LogP contribution < -0.4 is 10.5 Å². The Hall–Kier alpha value is -3.71. The topological polar surface area (TPSA) is 119 Å². The first-order chi connectivity index (χ1) is 18.5. The Kier molecular flexibility index (Phi) is 7.21. The molecule has 0 unspecified atom stereocenters. The maximum atomic E-state index is 12.4. The van der Waals surface area contributed by atoms with E-state index >= 15 is 0 Å². The molecular formula is C26H24BrF3N6O3. The van der Waals surface area contributed by atoms with E-state index in [-0.39, 0.29) is 17.6 Å². The van der Waals surface area contributed by atoms with Crippen LogP contribution in [0.2, 0.25) is 0 Å². The van der Waals surface area contributed by atoms with Gasteiger partial charge in [-0.15, -0.1) is 13.2 Å². The van der Waals surface area contributed by atoms with Crippen molar-refractivity contribution in [3.8, 4) is 28.1 Å². The monoisotopic (exact) mass is 604 g/mol. The number of halogens is 4. The number of aliphatic hydroxyl groups excluding tert-OH is 1. The van der Waals surface area contributed by atoms with Crippen molar-refractivity contribution in [1.82, 2.24) is 24.5 Å². The molecule has 1 fully saturated rings. The molecule has 0 radical (unpaired) electrons. The fourth-order valence-electron chi connectivity index (χ4n) is 4.68. The molecule has 0 saturated carbocycles. The third kappa shape index (κ3) is 5.55. The third-order valence-corrected chi connectivity index (χ3v) is 7.47. The number of alkyl halides is 3. The Bertz CT molecular complexity index is 1500. The molecule has 1 aliphatic rings. The molecule has 4 heterocycles. The Morgan fingerprint density at radius 2 is 1.79 bits per heavy atom. The highest BCUT2D eigenvalue weighted by Crippen LogP contribution is 2.37. The number of rotatable bonds is 5. The smallest absolute Gasteiger partial charge is 0.406 e. The number of ether oxygens (including phenoxy) is 1. The second-order valence-electron chi connectivity index (χ2n) is 9.27. The molecule has 1 aliphatic heterocycles. The van der Waals surface area contributed by atoms with Gasteiger partial charge in [0, 0.05) is 41.9 Å². The number of nitrogens with zero attached hydrogens (tertiary/aromatic N) is 5. The Balaban J connectivity index is 1.40. The van der Waals surface area contributed by atoms with E-state index in [1.807, 2.05) is 6.07 Å². The lowest BCUT2D eigenvalue weighted by molar-refractivity contribution is -0.274. The lowest BCUT2D eigenvalue weighted by Crippen LogP contribution is -2.42. The maximum absolute atomic E-state index is 12.4. The minimum absolute atomic E-state index is 0.0530. The van der Waals surface area contributed by atoms with Crippen molar-refractivity contribution >= 4 is 33.3 Å². The lowest BCUT2D eigenvalue weighted by atomic mass is 9.93. The van der Waals surface area contributed by atoms with E-state index in [9.17, 15) is 23.1 Å². The van der Waals surface area contributed by atoms with Gasteiger partial charge in [-0.25, -0.2) is 4.98 Å². The minimum Gasteiger partial charge on any atom is -0.406 e. The lowest BCUT2D eigenvalue weighted by Gasteiger charge is -2.33. The summed E-state index contributed by atoms with van der Waals surface area (Å²) in [4.78, 5) is 23.2. The number of nitrogen functional groups attached to an aromatic ring is 1. The van der Waals surface area contributed by atoms with Crippen molar-refractivity contribution in [2.24, 2.45) is 0 Å². The number of fused-ring (bicyclic) bond motifs is 1. The van der Waals surface area contributed by atoms with E-state index in [4.69, 9.17) is 10.7 Å². The predicted octanol–water partition coefficient (Wildman–Crippen LogP) is 4.79. The fraction of sp³-hybridized carbons (Fsp3) is 0.308. The van der Waals surface area contributed by atoms with Crippen LogP contribution >= 0.6 is 15.9 Å². The van der Waals surface area contributed by atoms with Crippen LogP contribution in [0.3, 0.4) is 0 Å². The summed E-state index contributed by atoms with van der Waals surface area (Å²) in [6.45, 7) is 2.48. The molecular weight excluding hydrogens is 581 g/mol. The predicted molar refractivity (Wildman–Crippen MR) is 141 cm³/mol. The highest BCUT2D eigenvalue weighted by molar-refractivity contribution is 9.10. The van der Waals surface area contributed by atoms with Crippen molar-refractivity contribution in [2.45, 2.75) is 38.1 Å². The number of nitrogens with two attached hydrogens (primary N) is 1. The standard InChI is InChI=1S/C26H24BrF3N6O3/c1-14(37)25(38)35-10-8-16(9-11-35)22-21(27)23(31)36-24(34-22)19(13-33-36)17-4-7-20(32-12-17)15-2-5-18(6-3-15)39-26(28,29)30/h2-7,12-14,16,37H,8-11,31H2,1H3/t14-/m1/s1. The number of carbonyl (C=O) groups excluding carboxylic acids is 1. The summed E-state index contributed by atoms with van der Waals surface area (Å²) in [5.74, 6) is -0.137. The molecule has 39 heavy (non-hydrogen) atoms. The van der Waals surface area contributed by atoms with E-state index in [0.29, 0.717) is 58.7 Å². The van der Waals surface area contributed by atoms with Crippen LogP contribution in [0, 0.1) is 0 Å². The molecule has 0 bridgehead atoms. The zero-order chi connectivity index (χ0) is 27.9. The number of benzene rings is 1. The summed E-state index contributed by atoms with van der Waals surface area (Å²) in [6.07, 6.45) is -1.14. The van der Waals surface area contributed by atoms with Gasteiger partial charge in [0.05, 0.1) is 22.1 Å². The fourth-order valence-corrected chi connectivity index (χ4v) is 5.26. The van der Waals surface area contributed by atoms with E-state index in [1.165, 1.54) is 31.2 Å². The van der Waals surface area contributed by atoms with Crippen molar-refractivity contribution in [2.75, 3.05) is 18.8 Å². The van der Waals surface area contributed by atoms with Gasteiger partial charge in [0.1, 0.15) is 17.7 Å². The van der Waals surface area contributed by atoms with Gasteiger partial charge in [-0.05, 0) is 66.0 Å². The zero-order valence-corrected chi connectivity index (χ0v) is 22.3. The molecule has 3 N–H and O–H groups in total. The van der Waals surface area contributed by atoms with Gasteiger partial charge in [-0.1, -0.05) is 6.07 Å². The first-order valence-electron chi connectivity index (χ1n) is 12.1. The number of piperidine rings is 1. The molecule has 1 amide bonds. The summed E-state index contributed by atoms with van der Waals surface area (Å²) in [7, 11) is 0. The van der Waals surface area contributed by atoms with Crippen LogP contribution in [0.4, 0.5) is 19.0 Å². The van der Waals surface area contributed by atoms with Crippen LogP contribution in [0.15, 0.2) is 53.3 Å². The van der Waals surface area contributed by atoms with Crippen LogP contribution in [0.5, 0.6) is 5.75 Å². The minimum atomic E-state index is -4.75. The Morgan fingerprint density at radius 3 is 2.38 bits per heavy atom. The van der Waals surface area contributed by atoms with Gasteiger partial charge in [0.15, 0.2) is 5.65 Å². The average Bonchev–Trinajstić information content (AvgIpc) is 3.34. The molecule has 5 rings (SSSR count). The van der Waals surface area contributed by atoms with Crippen molar-refractivity contribution in [3.05, 3.63) is 59.0 Å². The maximum Gasteiger partial charge on any atom is 0.573 e. The second kappa shape index (κ2) is 10.5. The molecule has 4 aromatic rings. The van der Waals surface area contributed by atoms with Crippen molar-refractivity contribution in [1.29, 1.82) is 0 Å². The van der Waals surface area contributed by atoms with Crippen LogP contribution in [-0.4, -0.2) is 61.1 Å². The number of likely N-dealkylation sites (tertiary alicyclic amines) is 1. The molecule has 1 saturated heterocycles. The molecule has 204 valence electrons. The Labute approximate surface area is 229 Å². The molecule has 0 aliphatic carbocycles. The van der Waals surface area contributed by atoms with Gasteiger partial charge >= 0.3 is 6.36 Å². The first kappa shape index (κ1) is 26.9. The van der Waals surface area contributed by atoms with E-state index in [2.05, 4.69) is 30.7 Å². The molecule has 0 spiro atoms. The normalized spacial score (nSPS) is 15.5. The second-order valence-corrected chi connectivity index (χ2v) is 10.1.